The smallest absolute Gasteiger partial charge is 0.262 e. The molecule has 1 aliphatic heterocycles. The quantitative estimate of drug-likeness (QED) is 0.452. The zero-order valence-electron chi connectivity index (χ0n) is 22.3. The first-order valence-corrected chi connectivity index (χ1v) is 12.6. The molecule has 39 heavy (non-hydrogen) atoms. The van der Waals surface area contributed by atoms with Crippen molar-refractivity contribution in [3.8, 4) is 0 Å². The fourth-order valence-electron chi connectivity index (χ4n) is 4.46. The summed E-state index contributed by atoms with van der Waals surface area (Å²) in [7, 11) is 1.59. The Hall–Kier alpha value is -4.79. The third-order valence-electron chi connectivity index (χ3n) is 6.51. The Kier molecular flexibility index (Phi) is 7.90. The highest BCUT2D eigenvalue weighted by molar-refractivity contribution is 6.23. The molecule has 9 heteroatoms. The van der Waals surface area contributed by atoms with Crippen LogP contribution in [0.2, 0.25) is 0 Å². The topological polar surface area (TPSA) is 107 Å². The molecule has 3 aromatic carbocycles. The van der Waals surface area contributed by atoms with Crippen molar-refractivity contribution >= 4 is 40.9 Å². The van der Waals surface area contributed by atoms with Crippen LogP contribution in [0.1, 0.15) is 51.8 Å². The highest BCUT2D eigenvalue weighted by Gasteiger charge is 2.42. The molecule has 200 valence electrons. The summed E-state index contributed by atoms with van der Waals surface area (Å²) in [5.74, 6) is -2.70. The lowest BCUT2D eigenvalue weighted by Gasteiger charge is -2.31. The van der Waals surface area contributed by atoms with E-state index in [9.17, 15) is 24.0 Å². The van der Waals surface area contributed by atoms with Crippen LogP contribution in [0.5, 0.6) is 0 Å². The van der Waals surface area contributed by atoms with Crippen molar-refractivity contribution in [3.05, 3.63) is 95.6 Å². The number of fused-ring (bicyclic) bond motifs is 1. The number of rotatable bonds is 8. The van der Waals surface area contributed by atoms with Gasteiger partial charge in [-0.2, -0.15) is 0 Å². The predicted molar refractivity (Wildman–Crippen MR) is 148 cm³/mol. The SMILES string of the molecule is CC(C)NC(=O)c1ccccc1N(CC(=O)N(C)c1ccccc1)C(=O)C(C)N1C(=O)c2ccccc2C1=O. The lowest BCUT2D eigenvalue weighted by Crippen LogP contribution is -2.52. The van der Waals surface area contributed by atoms with Gasteiger partial charge in [0, 0.05) is 18.8 Å². The Morgan fingerprint density at radius 1 is 0.795 bits per heavy atom. The second-order valence-electron chi connectivity index (χ2n) is 9.56. The molecule has 1 unspecified atom stereocenters. The van der Waals surface area contributed by atoms with Gasteiger partial charge in [0.15, 0.2) is 0 Å². The maximum Gasteiger partial charge on any atom is 0.262 e. The van der Waals surface area contributed by atoms with Crippen LogP contribution in [0, 0.1) is 0 Å². The fourth-order valence-corrected chi connectivity index (χ4v) is 4.46. The summed E-state index contributed by atoms with van der Waals surface area (Å²) in [6, 6.07) is 20.3. The van der Waals surface area contributed by atoms with Gasteiger partial charge in [0.05, 0.1) is 22.4 Å². The van der Waals surface area contributed by atoms with Gasteiger partial charge >= 0.3 is 0 Å². The van der Waals surface area contributed by atoms with E-state index in [1.54, 1.807) is 67.7 Å². The molecule has 1 aliphatic rings. The van der Waals surface area contributed by atoms with Crippen LogP contribution >= 0.6 is 0 Å². The number of para-hydroxylation sites is 2. The molecular formula is C30H30N4O5. The van der Waals surface area contributed by atoms with Crippen LogP contribution < -0.4 is 15.1 Å². The summed E-state index contributed by atoms with van der Waals surface area (Å²) >= 11 is 0. The van der Waals surface area contributed by atoms with Gasteiger partial charge in [0.1, 0.15) is 12.6 Å². The molecule has 0 bridgehead atoms. The minimum Gasteiger partial charge on any atom is -0.350 e. The molecule has 5 amide bonds. The molecule has 0 aliphatic carbocycles. The predicted octanol–water partition coefficient (Wildman–Crippen LogP) is 3.51. The number of hydrogen-bond donors (Lipinski definition) is 1. The largest absolute Gasteiger partial charge is 0.350 e. The zero-order valence-corrected chi connectivity index (χ0v) is 22.3. The Labute approximate surface area is 227 Å². The number of likely N-dealkylation sites (N-methyl/N-ethyl adjacent to an activating group) is 1. The van der Waals surface area contributed by atoms with Crippen LogP contribution in [-0.2, 0) is 9.59 Å². The lowest BCUT2D eigenvalue weighted by atomic mass is 10.1. The highest BCUT2D eigenvalue weighted by atomic mass is 16.2. The second kappa shape index (κ2) is 11.3. The molecule has 0 fully saturated rings. The zero-order chi connectivity index (χ0) is 28.3. The van der Waals surface area contributed by atoms with Crippen LogP contribution in [0.3, 0.4) is 0 Å². The van der Waals surface area contributed by atoms with E-state index in [-0.39, 0.29) is 28.4 Å². The van der Waals surface area contributed by atoms with Crippen molar-refractivity contribution in [1.82, 2.24) is 10.2 Å². The molecule has 4 rings (SSSR count). The van der Waals surface area contributed by atoms with E-state index >= 15 is 0 Å². The lowest BCUT2D eigenvalue weighted by molar-refractivity contribution is -0.124. The molecule has 1 N–H and O–H groups in total. The van der Waals surface area contributed by atoms with Gasteiger partial charge in [-0.3, -0.25) is 28.9 Å². The minimum absolute atomic E-state index is 0.169. The number of benzene rings is 3. The molecule has 0 spiro atoms. The Morgan fingerprint density at radius 3 is 1.92 bits per heavy atom. The van der Waals surface area contributed by atoms with Gasteiger partial charge in [-0.05, 0) is 57.2 Å². The van der Waals surface area contributed by atoms with E-state index < -0.39 is 42.1 Å². The van der Waals surface area contributed by atoms with Crippen molar-refractivity contribution in [2.75, 3.05) is 23.4 Å². The Bertz CT molecular complexity index is 1400. The van der Waals surface area contributed by atoms with Gasteiger partial charge in [-0.25, -0.2) is 0 Å². The van der Waals surface area contributed by atoms with E-state index in [2.05, 4.69) is 5.32 Å². The summed E-state index contributed by atoms with van der Waals surface area (Å²) in [6.45, 7) is 4.64. The van der Waals surface area contributed by atoms with E-state index in [4.69, 9.17) is 0 Å². The van der Waals surface area contributed by atoms with Crippen molar-refractivity contribution < 1.29 is 24.0 Å². The maximum absolute atomic E-state index is 14.0. The second-order valence-corrected chi connectivity index (χ2v) is 9.56. The van der Waals surface area contributed by atoms with Crippen LogP contribution in [0.25, 0.3) is 0 Å². The number of anilines is 2. The Balaban J connectivity index is 1.72. The van der Waals surface area contributed by atoms with Crippen LogP contribution in [0.15, 0.2) is 78.9 Å². The van der Waals surface area contributed by atoms with Crippen molar-refractivity contribution in [2.24, 2.45) is 0 Å². The summed E-state index contributed by atoms with van der Waals surface area (Å²) in [6.07, 6.45) is 0. The average Bonchev–Trinajstić information content (AvgIpc) is 3.20. The van der Waals surface area contributed by atoms with Gasteiger partial charge in [0.2, 0.25) is 5.91 Å². The average molecular weight is 527 g/mol. The highest BCUT2D eigenvalue weighted by Crippen LogP contribution is 2.28. The van der Waals surface area contributed by atoms with Gasteiger partial charge in [-0.1, -0.05) is 42.5 Å². The number of amides is 5. The number of carbonyl (C=O) groups excluding carboxylic acids is 5. The molecule has 1 heterocycles. The standard InChI is InChI=1S/C30H30N4O5/c1-19(2)31-27(36)24-16-10-11-17-25(24)33(18-26(35)32(4)21-12-6-5-7-13-21)28(37)20(3)34-29(38)22-14-8-9-15-23(22)30(34)39/h5-17,19-20H,18H2,1-4H3,(H,31,36). The number of nitrogens with zero attached hydrogens (tertiary/aromatic N) is 3. The Morgan fingerprint density at radius 2 is 1.33 bits per heavy atom. The van der Waals surface area contributed by atoms with E-state index in [1.807, 2.05) is 19.9 Å². The number of hydrogen-bond acceptors (Lipinski definition) is 5. The summed E-state index contributed by atoms with van der Waals surface area (Å²) < 4.78 is 0. The molecule has 0 radical (unpaired) electrons. The normalized spacial score (nSPS) is 13.2. The van der Waals surface area contributed by atoms with Gasteiger partial charge in [0.25, 0.3) is 23.6 Å². The van der Waals surface area contributed by atoms with E-state index in [0.29, 0.717) is 5.69 Å². The van der Waals surface area contributed by atoms with Crippen molar-refractivity contribution in [1.29, 1.82) is 0 Å². The van der Waals surface area contributed by atoms with Crippen molar-refractivity contribution in [2.45, 2.75) is 32.9 Å². The van der Waals surface area contributed by atoms with E-state index in [0.717, 1.165) is 4.90 Å². The first kappa shape index (κ1) is 27.3. The molecular weight excluding hydrogens is 496 g/mol. The van der Waals surface area contributed by atoms with E-state index in [1.165, 1.54) is 28.9 Å². The molecule has 0 saturated carbocycles. The van der Waals surface area contributed by atoms with Crippen LogP contribution in [-0.4, -0.2) is 60.1 Å². The number of nitrogens with one attached hydrogen (secondary N) is 1. The third kappa shape index (κ3) is 5.43. The molecule has 1 atom stereocenters. The summed E-state index contributed by atoms with van der Waals surface area (Å²) in [4.78, 5) is 70.2. The molecule has 0 aromatic heterocycles. The number of carbonyl (C=O) groups is 5. The van der Waals surface area contributed by atoms with Crippen LogP contribution in [0.4, 0.5) is 11.4 Å². The molecule has 0 saturated heterocycles. The molecule has 3 aromatic rings. The first-order chi connectivity index (χ1) is 18.6. The first-order valence-electron chi connectivity index (χ1n) is 12.6. The van der Waals surface area contributed by atoms with Gasteiger partial charge in [-0.15, -0.1) is 0 Å². The summed E-state index contributed by atoms with van der Waals surface area (Å²) in [5, 5.41) is 2.81. The monoisotopic (exact) mass is 526 g/mol. The minimum atomic E-state index is -1.24. The molecule has 9 nitrogen and oxygen atoms in total. The maximum atomic E-state index is 14.0. The van der Waals surface area contributed by atoms with Gasteiger partial charge < -0.3 is 15.1 Å². The third-order valence-corrected chi connectivity index (χ3v) is 6.51. The number of imide groups is 1. The van der Waals surface area contributed by atoms with Crippen molar-refractivity contribution in [3.63, 3.8) is 0 Å². The summed E-state index contributed by atoms with van der Waals surface area (Å²) in [5.41, 5.74) is 1.42. The fraction of sp³-hybridized carbons (Fsp3) is 0.233.